The highest BCUT2D eigenvalue weighted by Gasteiger charge is 2.27. The second-order valence-corrected chi connectivity index (χ2v) is 6.34. The topological polar surface area (TPSA) is 113 Å². The van der Waals surface area contributed by atoms with Crippen LogP contribution in [-0.2, 0) is 19.6 Å². The molecule has 1 amide bonds. The molecule has 1 aromatic carbocycles. The minimum atomic E-state index is -4.00. The van der Waals surface area contributed by atoms with Crippen molar-refractivity contribution in [3.63, 3.8) is 0 Å². The number of carbonyl (C=O) groups excluding carboxylic acids is 1. The van der Waals surface area contributed by atoms with Gasteiger partial charge in [0, 0.05) is 18.3 Å². The van der Waals surface area contributed by atoms with E-state index < -0.39 is 21.2 Å². The second kappa shape index (κ2) is 5.91. The summed E-state index contributed by atoms with van der Waals surface area (Å²) in [7, 11) is -4.00. The fourth-order valence-electron chi connectivity index (χ4n) is 1.44. The highest BCUT2D eigenvalue weighted by atomic mass is 32.2. The summed E-state index contributed by atoms with van der Waals surface area (Å²) in [6, 6.07) is 4.50. The Labute approximate surface area is 117 Å². The van der Waals surface area contributed by atoms with Crippen molar-refractivity contribution in [1.29, 1.82) is 0 Å². The van der Waals surface area contributed by atoms with Crippen LogP contribution in [-0.4, -0.2) is 30.7 Å². The lowest BCUT2D eigenvalue weighted by molar-refractivity contribution is -0.136. The smallest absolute Gasteiger partial charge is 0.323 e. The summed E-state index contributed by atoms with van der Waals surface area (Å²) in [5, 5.41) is 9.76. The Kier molecular flexibility index (Phi) is 4.72. The van der Waals surface area contributed by atoms with E-state index in [9.17, 15) is 18.0 Å². The summed E-state index contributed by atoms with van der Waals surface area (Å²) in [5.74, 6) is -1.66. The van der Waals surface area contributed by atoms with Crippen molar-refractivity contribution in [3.8, 4) is 0 Å². The quantitative estimate of drug-likeness (QED) is 0.755. The molecule has 0 aliphatic rings. The van der Waals surface area contributed by atoms with E-state index in [4.69, 9.17) is 5.11 Å². The average molecular weight is 300 g/mol. The lowest BCUT2D eigenvalue weighted by atomic mass is 10.2. The molecule has 0 aromatic heterocycles. The zero-order valence-electron chi connectivity index (χ0n) is 11.3. The Bertz CT molecular complexity index is 639. The molecule has 1 atom stereocenters. The Hall–Kier alpha value is -2.09. The number of nitrogens with one attached hydrogen (secondary N) is 2. The number of sulfonamides is 1. The number of carboxylic acid groups (broad SMARTS) is 1. The van der Waals surface area contributed by atoms with Gasteiger partial charge in [-0.25, -0.2) is 8.42 Å². The van der Waals surface area contributed by atoms with Gasteiger partial charge in [0.1, 0.15) is 0 Å². The maximum Gasteiger partial charge on any atom is 0.323 e. The van der Waals surface area contributed by atoms with E-state index in [0.717, 1.165) is 6.92 Å². The molecule has 0 radical (unpaired) electrons. The van der Waals surface area contributed by atoms with Gasteiger partial charge >= 0.3 is 5.97 Å². The number of amides is 1. The number of benzene rings is 1. The molecule has 0 saturated carbocycles. The van der Waals surface area contributed by atoms with Gasteiger partial charge in [0.15, 0.2) is 5.25 Å². The van der Waals surface area contributed by atoms with Crippen LogP contribution in [0.25, 0.3) is 0 Å². The number of aryl methyl sites for hydroxylation is 1. The number of anilines is 2. The third-order valence-corrected chi connectivity index (χ3v) is 4.26. The molecule has 7 nitrogen and oxygen atoms in total. The van der Waals surface area contributed by atoms with E-state index in [1.54, 1.807) is 13.0 Å². The Balaban J connectivity index is 2.98. The highest BCUT2D eigenvalue weighted by Crippen LogP contribution is 2.21. The number of hydrogen-bond donors (Lipinski definition) is 3. The first-order valence-electron chi connectivity index (χ1n) is 5.76. The van der Waals surface area contributed by atoms with Crippen LogP contribution in [0.2, 0.25) is 0 Å². The maximum absolute atomic E-state index is 11.8. The molecule has 0 aliphatic carbocycles. The standard InChI is InChI=1S/C12H16N2O5S/c1-7-6-10(4-5-11(7)13-9(3)15)14-20(18,19)8(2)12(16)17/h4-6,8,14H,1-3H3,(H,13,15)(H,16,17). The van der Waals surface area contributed by atoms with Crippen LogP contribution in [0.15, 0.2) is 18.2 Å². The first kappa shape index (κ1) is 16.0. The summed E-state index contributed by atoms with van der Waals surface area (Å²) < 4.78 is 25.7. The third-order valence-electron chi connectivity index (χ3n) is 2.61. The third kappa shape index (κ3) is 3.95. The summed E-state index contributed by atoms with van der Waals surface area (Å²) in [6.45, 7) is 4.15. The highest BCUT2D eigenvalue weighted by molar-refractivity contribution is 7.94. The van der Waals surface area contributed by atoms with Gasteiger partial charge in [-0.3, -0.25) is 14.3 Å². The van der Waals surface area contributed by atoms with Crippen LogP contribution in [0.4, 0.5) is 11.4 Å². The number of aliphatic carboxylic acids is 1. The zero-order valence-corrected chi connectivity index (χ0v) is 12.1. The Morgan fingerprint density at radius 2 is 1.90 bits per heavy atom. The molecule has 8 heteroatoms. The van der Waals surface area contributed by atoms with Crippen LogP contribution in [0.1, 0.15) is 19.4 Å². The molecule has 20 heavy (non-hydrogen) atoms. The van der Waals surface area contributed by atoms with Crippen molar-refractivity contribution in [3.05, 3.63) is 23.8 Å². The molecule has 0 heterocycles. The predicted molar refractivity (Wildman–Crippen MR) is 75.1 cm³/mol. The molecule has 0 saturated heterocycles. The van der Waals surface area contributed by atoms with E-state index in [0.29, 0.717) is 11.3 Å². The number of carbonyl (C=O) groups is 2. The fraction of sp³-hybridized carbons (Fsp3) is 0.333. The van der Waals surface area contributed by atoms with Gasteiger partial charge in [-0.1, -0.05) is 0 Å². The largest absolute Gasteiger partial charge is 0.480 e. The van der Waals surface area contributed by atoms with Gasteiger partial charge in [0.05, 0.1) is 0 Å². The molecular weight excluding hydrogens is 284 g/mol. The first-order chi connectivity index (χ1) is 9.13. The summed E-state index contributed by atoms with van der Waals surface area (Å²) in [6.07, 6.45) is 0. The van der Waals surface area contributed by atoms with E-state index in [2.05, 4.69) is 10.0 Å². The van der Waals surface area contributed by atoms with Crippen LogP contribution >= 0.6 is 0 Å². The molecule has 0 spiro atoms. The summed E-state index contributed by atoms with van der Waals surface area (Å²) >= 11 is 0. The van der Waals surface area contributed by atoms with Gasteiger partial charge in [-0.2, -0.15) is 0 Å². The van der Waals surface area contributed by atoms with Crippen molar-refractivity contribution < 1.29 is 23.1 Å². The summed E-state index contributed by atoms with van der Waals surface area (Å²) in [5.41, 5.74) is 1.46. The molecule has 0 bridgehead atoms. The molecule has 0 aliphatic heterocycles. The molecule has 110 valence electrons. The number of carboxylic acids is 1. The number of hydrogen-bond acceptors (Lipinski definition) is 4. The molecule has 0 fully saturated rings. The van der Waals surface area contributed by atoms with Crippen LogP contribution in [0.3, 0.4) is 0 Å². The second-order valence-electron chi connectivity index (χ2n) is 4.34. The van der Waals surface area contributed by atoms with Gasteiger partial charge in [0.25, 0.3) is 0 Å². The van der Waals surface area contributed by atoms with Gasteiger partial charge in [-0.15, -0.1) is 0 Å². The molecule has 1 aromatic rings. The molecule has 3 N–H and O–H groups in total. The van der Waals surface area contributed by atoms with E-state index in [-0.39, 0.29) is 11.6 Å². The zero-order chi connectivity index (χ0) is 15.5. The van der Waals surface area contributed by atoms with Crippen molar-refractivity contribution in [2.24, 2.45) is 0 Å². The van der Waals surface area contributed by atoms with E-state index in [1.807, 2.05) is 0 Å². The van der Waals surface area contributed by atoms with Crippen molar-refractivity contribution in [1.82, 2.24) is 0 Å². The predicted octanol–water partition coefficient (Wildman–Crippen LogP) is 1.17. The van der Waals surface area contributed by atoms with Crippen molar-refractivity contribution in [2.45, 2.75) is 26.0 Å². The minimum absolute atomic E-state index is 0.235. The van der Waals surface area contributed by atoms with Gasteiger partial charge in [0.2, 0.25) is 15.9 Å². The number of rotatable bonds is 5. The molecular formula is C12H16N2O5S. The first-order valence-corrected chi connectivity index (χ1v) is 7.31. The fourth-order valence-corrected chi connectivity index (χ4v) is 2.34. The lowest BCUT2D eigenvalue weighted by Gasteiger charge is -2.13. The van der Waals surface area contributed by atoms with Crippen LogP contribution in [0.5, 0.6) is 0 Å². The molecule has 1 unspecified atom stereocenters. The Morgan fingerprint density at radius 3 is 2.35 bits per heavy atom. The van der Waals surface area contributed by atoms with Crippen molar-refractivity contribution >= 4 is 33.3 Å². The normalized spacial score (nSPS) is 12.6. The minimum Gasteiger partial charge on any atom is -0.480 e. The lowest BCUT2D eigenvalue weighted by Crippen LogP contribution is -2.32. The Morgan fingerprint density at radius 1 is 1.30 bits per heavy atom. The SMILES string of the molecule is CC(=O)Nc1ccc(NS(=O)(=O)C(C)C(=O)O)cc1C. The maximum atomic E-state index is 11.8. The molecule has 1 rings (SSSR count). The van der Waals surface area contributed by atoms with Crippen LogP contribution in [0, 0.1) is 6.92 Å². The van der Waals surface area contributed by atoms with Crippen molar-refractivity contribution in [2.75, 3.05) is 10.0 Å². The van der Waals surface area contributed by atoms with Crippen LogP contribution < -0.4 is 10.0 Å². The van der Waals surface area contributed by atoms with E-state index >= 15 is 0 Å². The average Bonchev–Trinajstić information content (AvgIpc) is 2.30. The van der Waals surface area contributed by atoms with Gasteiger partial charge in [-0.05, 0) is 37.6 Å². The van der Waals surface area contributed by atoms with E-state index in [1.165, 1.54) is 19.1 Å². The summed E-state index contributed by atoms with van der Waals surface area (Å²) in [4.78, 5) is 21.7. The monoisotopic (exact) mass is 300 g/mol. The van der Waals surface area contributed by atoms with Gasteiger partial charge < -0.3 is 10.4 Å².